The maximum absolute atomic E-state index is 5.56. The fourth-order valence-electron chi connectivity index (χ4n) is 1.39. The van der Waals surface area contributed by atoms with Crippen LogP contribution in [0.2, 0.25) is 0 Å². The van der Waals surface area contributed by atoms with Gasteiger partial charge in [-0.3, -0.25) is 0 Å². The Morgan fingerprint density at radius 1 is 1.21 bits per heavy atom. The quantitative estimate of drug-likeness (QED) is 0.662. The van der Waals surface area contributed by atoms with Gasteiger partial charge in [0.15, 0.2) is 0 Å². The van der Waals surface area contributed by atoms with E-state index in [-0.39, 0.29) is 0 Å². The lowest BCUT2D eigenvalue weighted by Crippen LogP contribution is -2.06. The van der Waals surface area contributed by atoms with Crippen LogP contribution in [0.3, 0.4) is 0 Å². The monoisotopic (exact) mass is 187 g/mol. The predicted molar refractivity (Wildman–Crippen MR) is 57.3 cm³/mol. The van der Waals surface area contributed by atoms with Crippen LogP contribution in [-0.2, 0) is 4.74 Å². The summed E-state index contributed by atoms with van der Waals surface area (Å²) >= 11 is 0. The van der Waals surface area contributed by atoms with E-state index in [4.69, 9.17) is 4.74 Å². The summed E-state index contributed by atoms with van der Waals surface area (Å²) in [6.07, 6.45) is 3.03. The third-order valence-corrected chi connectivity index (χ3v) is 2.10. The van der Waals surface area contributed by atoms with Gasteiger partial charge in [0.2, 0.25) is 5.90 Å². The van der Waals surface area contributed by atoms with E-state index in [1.165, 1.54) is 0 Å². The van der Waals surface area contributed by atoms with Gasteiger partial charge in [-0.1, -0.05) is 24.3 Å². The first kappa shape index (κ1) is 9.00. The summed E-state index contributed by atoms with van der Waals surface area (Å²) < 4.78 is 5.56. The van der Waals surface area contributed by atoms with Crippen LogP contribution in [0.15, 0.2) is 47.1 Å². The molecule has 0 atom stereocenters. The zero-order valence-corrected chi connectivity index (χ0v) is 8.23. The summed E-state index contributed by atoms with van der Waals surface area (Å²) in [7, 11) is 0. The van der Waals surface area contributed by atoms with Gasteiger partial charge < -0.3 is 4.74 Å². The predicted octanol–water partition coefficient (Wildman–Crippen LogP) is 2.76. The third kappa shape index (κ3) is 2.02. The largest absolute Gasteiger partial charge is 0.477 e. The Hall–Kier alpha value is -1.57. The molecule has 2 nitrogen and oxygen atoms in total. The van der Waals surface area contributed by atoms with Gasteiger partial charge in [0.1, 0.15) is 0 Å². The lowest BCUT2D eigenvalue weighted by molar-refractivity contribution is 0.316. The summed E-state index contributed by atoms with van der Waals surface area (Å²) in [6, 6.07) is 9.99. The van der Waals surface area contributed by atoms with E-state index in [0.29, 0.717) is 6.61 Å². The molecule has 0 aromatic heterocycles. The second-order valence-corrected chi connectivity index (χ2v) is 3.27. The van der Waals surface area contributed by atoms with Crippen LogP contribution < -0.4 is 0 Å². The van der Waals surface area contributed by atoms with Crippen molar-refractivity contribution < 1.29 is 4.74 Å². The standard InChI is InChI=1S/C12H13NO/c1-10-6-5-9-14-12(13-10)11-7-3-2-4-8-11/h2-4,6-8H,5,9H2,1H3. The van der Waals surface area contributed by atoms with Gasteiger partial charge >= 0.3 is 0 Å². The van der Waals surface area contributed by atoms with Crippen LogP contribution in [0.5, 0.6) is 0 Å². The Labute approximate surface area is 83.9 Å². The summed E-state index contributed by atoms with van der Waals surface area (Å²) in [5, 5.41) is 0. The lowest BCUT2D eigenvalue weighted by Gasteiger charge is -2.05. The minimum Gasteiger partial charge on any atom is -0.477 e. The van der Waals surface area contributed by atoms with Gasteiger partial charge in [-0.2, -0.15) is 0 Å². The van der Waals surface area contributed by atoms with Gasteiger partial charge in [0.05, 0.1) is 6.61 Å². The molecule has 0 radical (unpaired) electrons. The highest BCUT2D eigenvalue weighted by Gasteiger charge is 2.06. The first-order valence-corrected chi connectivity index (χ1v) is 4.80. The fraction of sp³-hybridized carbons (Fsp3) is 0.250. The average Bonchev–Trinajstić information content (AvgIpc) is 2.44. The molecule has 0 bridgehead atoms. The SMILES string of the molecule is CC1=CCCOC(c2ccccc2)=N1. The zero-order chi connectivity index (χ0) is 9.80. The van der Waals surface area contributed by atoms with Crippen LogP contribution in [0.25, 0.3) is 0 Å². The number of ether oxygens (including phenoxy) is 1. The molecule has 0 saturated heterocycles. The molecule has 0 N–H and O–H groups in total. The van der Waals surface area contributed by atoms with Crippen molar-refractivity contribution in [2.75, 3.05) is 6.61 Å². The normalized spacial score (nSPS) is 16.4. The van der Waals surface area contributed by atoms with Crippen molar-refractivity contribution in [1.29, 1.82) is 0 Å². The van der Waals surface area contributed by atoms with Gasteiger partial charge in [-0.25, -0.2) is 4.99 Å². The molecule has 0 aliphatic carbocycles. The minimum absolute atomic E-state index is 0.713. The highest BCUT2D eigenvalue weighted by molar-refractivity contribution is 5.94. The Bertz CT molecular complexity index is 365. The van der Waals surface area contributed by atoms with Crippen molar-refractivity contribution in [3.05, 3.63) is 47.7 Å². The Balaban J connectivity index is 2.30. The number of aliphatic imine (C=N–C) groups is 1. The van der Waals surface area contributed by atoms with Crippen molar-refractivity contribution in [3.63, 3.8) is 0 Å². The summed E-state index contributed by atoms with van der Waals surface area (Å²) in [4.78, 5) is 4.40. The molecule has 2 heteroatoms. The number of hydrogen-bond acceptors (Lipinski definition) is 2. The molecule has 1 aliphatic heterocycles. The molecule has 0 fully saturated rings. The van der Waals surface area contributed by atoms with E-state index in [0.717, 1.165) is 23.6 Å². The number of allylic oxidation sites excluding steroid dienone is 1. The molecule has 14 heavy (non-hydrogen) atoms. The maximum atomic E-state index is 5.56. The summed E-state index contributed by atoms with van der Waals surface area (Å²) in [5.41, 5.74) is 2.07. The number of rotatable bonds is 1. The lowest BCUT2D eigenvalue weighted by atomic mass is 10.2. The van der Waals surface area contributed by atoms with Crippen molar-refractivity contribution in [2.24, 2.45) is 4.99 Å². The van der Waals surface area contributed by atoms with Gasteiger partial charge in [-0.15, -0.1) is 0 Å². The first-order chi connectivity index (χ1) is 6.86. The molecule has 1 aliphatic rings. The van der Waals surface area contributed by atoms with Crippen LogP contribution in [0.4, 0.5) is 0 Å². The molecule has 0 amide bonds. The minimum atomic E-state index is 0.713. The topological polar surface area (TPSA) is 21.6 Å². The Kier molecular flexibility index (Phi) is 2.63. The highest BCUT2D eigenvalue weighted by Crippen LogP contribution is 2.10. The molecule has 1 aromatic carbocycles. The van der Waals surface area contributed by atoms with E-state index < -0.39 is 0 Å². The molecule has 0 unspecified atom stereocenters. The Morgan fingerprint density at radius 2 is 2.00 bits per heavy atom. The number of hydrogen-bond donors (Lipinski definition) is 0. The molecular formula is C12H13NO. The van der Waals surface area contributed by atoms with Gasteiger partial charge in [-0.05, 0) is 19.1 Å². The zero-order valence-electron chi connectivity index (χ0n) is 8.23. The maximum Gasteiger partial charge on any atom is 0.220 e. The van der Waals surface area contributed by atoms with Crippen LogP contribution >= 0.6 is 0 Å². The Morgan fingerprint density at radius 3 is 2.79 bits per heavy atom. The van der Waals surface area contributed by atoms with E-state index in [2.05, 4.69) is 11.1 Å². The fourth-order valence-corrected chi connectivity index (χ4v) is 1.39. The van der Waals surface area contributed by atoms with Crippen molar-refractivity contribution in [1.82, 2.24) is 0 Å². The highest BCUT2D eigenvalue weighted by atomic mass is 16.5. The first-order valence-electron chi connectivity index (χ1n) is 4.80. The third-order valence-electron chi connectivity index (χ3n) is 2.10. The van der Waals surface area contributed by atoms with Crippen LogP contribution in [0, 0.1) is 0 Å². The average molecular weight is 187 g/mol. The van der Waals surface area contributed by atoms with Gasteiger partial charge in [0, 0.05) is 17.7 Å². The molecule has 1 heterocycles. The molecule has 0 spiro atoms. The van der Waals surface area contributed by atoms with E-state index in [1.807, 2.05) is 37.3 Å². The van der Waals surface area contributed by atoms with Crippen molar-refractivity contribution in [3.8, 4) is 0 Å². The smallest absolute Gasteiger partial charge is 0.220 e. The summed E-state index contributed by atoms with van der Waals surface area (Å²) in [5.74, 6) is 0.733. The molecular weight excluding hydrogens is 174 g/mol. The molecule has 72 valence electrons. The molecule has 1 aromatic rings. The van der Waals surface area contributed by atoms with E-state index >= 15 is 0 Å². The van der Waals surface area contributed by atoms with Crippen LogP contribution in [0.1, 0.15) is 18.9 Å². The van der Waals surface area contributed by atoms with E-state index in [1.54, 1.807) is 0 Å². The number of nitrogens with zero attached hydrogens (tertiary/aromatic N) is 1. The second kappa shape index (κ2) is 4.09. The van der Waals surface area contributed by atoms with E-state index in [9.17, 15) is 0 Å². The van der Waals surface area contributed by atoms with Crippen LogP contribution in [-0.4, -0.2) is 12.5 Å². The molecule has 2 rings (SSSR count). The van der Waals surface area contributed by atoms with Crippen molar-refractivity contribution >= 4 is 5.90 Å². The number of benzene rings is 1. The molecule has 0 saturated carbocycles. The van der Waals surface area contributed by atoms with Gasteiger partial charge in [0.25, 0.3) is 0 Å². The summed E-state index contributed by atoms with van der Waals surface area (Å²) in [6.45, 7) is 2.71. The second-order valence-electron chi connectivity index (χ2n) is 3.27. The van der Waals surface area contributed by atoms with Crippen molar-refractivity contribution in [2.45, 2.75) is 13.3 Å².